The van der Waals surface area contributed by atoms with E-state index in [0.29, 0.717) is 18.7 Å². The number of carbonyl (C=O) groups excluding carboxylic acids is 5. The number of amides is 4. The van der Waals surface area contributed by atoms with Gasteiger partial charge in [0.2, 0.25) is 17.6 Å². The molecule has 1 fully saturated rings. The number of ketones is 1. The third kappa shape index (κ3) is 5.97. The van der Waals surface area contributed by atoms with Crippen molar-refractivity contribution in [3.8, 4) is 0 Å². The van der Waals surface area contributed by atoms with Crippen molar-refractivity contribution in [3.63, 3.8) is 0 Å². The number of nitrogens with zero attached hydrogens (tertiary/aromatic N) is 1. The fourth-order valence-electron chi connectivity index (χ4n) is 3.53. The summed E-state index contributed by atoms with van der Waals surface area (Å²) in [4.78, 5) is 66.6. The predicted octanol–water partition coefficient (Wildman–Crippen LogP) is 1.48. The second kappa shape index (κ2) is 11.2. The summed E-state index contributed by atoms with van der Waals surface area (Å²) in [5.74, 6) is -4.20. The minimum Gasteiger partial charge on any atom is -0.356 e. The third-order valence-corrected chi connectivity index (χ3v) is 6.37. The average molecular weight is 506 g/mol. The maximum atomic E-state index is 13.2. The molecule has 4 N–H and O–H groups in total. The number of benzene rings is 1. The molecule has 3 atom stereocenters. The summed E-state index contributed by atoms with van der Waals surface area (Å²) in [5.41, 5.74) is 2.40. The van der Waals surface area contributed by atoms with Crippen LogP contribution < -0.4 is 21.3 Å². The third-order valence-electron chi connectivity index (χ3n) is 5.53. The van der Waals surface area contributed by atoms with E-state index in [1.54, 1.807) is 17.8 Å². The zero-order valence-corrected chi connectivity index (χ0v) is 20.1. The molecule has 1 aliphatic rings. The molecule has 10 nitrogen and oxygen atoms in total. The van der Waals surface area contributed by atoms with Gasteiger partial charge >= 0.3 is 0 Å². The zero-order valence-electron chi connectivity index (χ0n) is 18.5. The Balaban J connectivity index is 1.82. The monoisotopic (exact) mass is 505 g/mol. The normalized spacial score (nSPS) is 16.8. The summed E-state index contributed by atoms with van der Waals surface area (Å²) in [5, 5.41) is 12.2. The van der Waals surface area contributed by atoms with Crippen LogP contribution in [0.25, 0.3) is 0 Å². The predicted molar refractivity (Wildman–Crippen MR) is 127 cm³/mol. The van der Waals surface area contributed by atoms with Crippen molar-refractivity contribution >= 4 is 58.0 Å². The molecule has 0 bridgehead atoms. The number of hydrogen-bond donors (Lipinski definition) is 4. The number of nitrogens with one attached hydrogen (secondary N) is 4. The molecule has 180 valence electrons. The summed E-state index contributed by atoms with van der Waals surface area (Å²) < 4.78 is 0. The van der Waals surface area contributed by atoms with Crippen LogP contribution >= 0.6 is 22.9 Å². The van der Waals surface area contributed by atoms with Crippen LogP contribution in [-0.2, 0) is 19.2 Å². The lowest BCUT2D eigenvalue weighted by Crippen LogP contribution is -2.48. The van der Waals surface area contributed by atoms with Crippen LogP contribution in [-0.4, -0.2) is 54.0 Å². The summed E-state index contributed by atoms with van der Waals surface area (Å²) >= 11 is 7.45. The minimum absolute atomic E-state index is 0.0110. The number of aromatic nitrogens is 1. The van der Waals surface area contributed by atoms with Crippen molar-refractivity contribution in [2.45, 2.75) is 31.7 Å². The van der Waals surface area contributed by atoms with Gasteiger partial charge in [-0.15, -0.1) is 11.3 Å². The van der Waals surface area contributed by atoms with E-state index in [4.69, 9.17) is 11.6 Å². The Morgan fingerprint density at radius 1 is 1.29 bits per heavy atom. The van der Waals surface area contributed by atoms with E-state index in [2.05, 4.69) is 26.3 Å². The first-order valence-corrected chi connectivity index (χ1v) is 11.9. The van der Waals surface area contributed by atoms with Gasteiger partial charge < -0.3 is 21.3 Å². The van der Waals surface area contributed by atoms with Crippen molar-refractivity contribution in [1.82, 2.24) is 20.9 Å². The molecule has 1 saturated heterocycles. The van der Waals surface area contributed by atoms with E-state index in [1.165, 1.54) is 36.6 Å². The lowest BCUT2D eigenvalue weighted by Gasteiger charge is -2.20. The Kier molecular flexibility index (Phi) is 8.35. The number of likely N-dealkylation sites (N-methyl/N-ethyl adjacent to an activating group) is 1. The van der Waals surface area contributed by atoms with Gasteiger partial charge in [-0.2, -0.15) is 0 Å². The van der Waals surface area contributed by atoms with Gasteiger partial charge in [0.05, 0.1) is 34.4 Å². The molecule has 0 radical (unpaired) electrons. The molecule has 1 aromatic carbocycles. The highest BCUT2D eigenvalue weighted by molar-refractivity contribution is 7.07. The highest BCUT2D eigenvalue weighted by atomic mass is 35.5. The molecular formula is C22H24ClN5O5S. The standard InChI is InChI=1S/C22H24ClN5O5S/c1-11(17-9-34-10-26-17)19(30)27-15-4-3-13(23)8-14(15)21(32)28-16(18(29)22(33)24-2)7-12-5-6-25-20(12)31/h3-4,8-12,16H,5-7H2,1-2H3,(H,24,33)(H,25,31)(H,27,30)(H,28,32)/t11?,12-,16-/m0/s1. The van der Waals surface area contributed by atoms with E-state index >= 15 is 0 Å². The molecule has 0 saturated carbocycles. The number of carbonyl (C=O) groups is 5. The fourth-order valence-corrected chi connectivity index (χ4v) is 4.35. The highest BCUT2D eigenvalue weighted by Gasteiger charge is 2.34. The van der Waals surface area contributed by atoms with E-state index in [1.807, 2.05) is 0 Å². The van der Waals surface area contributed by atoms with Crippen LogP contribution in [0.3, 0.4) is 0 Å². The van der Waals surface area contributed by atoms with Crippen LogP contribution in [0, 0.1) is 5.92 Å². The lowest BCUT2D eigenvalue weighted by molar-refractivity contribution is -0.139. The summed E-state index contributed by atoms with van der Waals surface area (Å²) in [7, 11) is 1.30. The molecular weight excluding hydrogens is 482 g/mol. The largest absolute Gasteiger partial charge is 0.356 e. The Morgan fingerprint density at radius 3 is 2.68 bits per heavy atom. The molecule has 1 unspecified atom stereocenters. The molecule has 0 spiro atoms. The van der Waals surface area contributed by atoms with Gasteiger partial charge in [0.25, 0.3) is 11.8 Å². The molecule has 1 aromatic heterocycles. The van der Waals surface area contributed by atoms with Gasteiger partial charge in [-0.05, 0) is 38.0 Å². The highest BCUT2D eigenvalue weighted by Crippen LogP contribution is 2.24. The molecule has 0 aliphatic carbocycles. The van der Waals surface area contributed by atoms with Gasteiger partial charge in [0.1, 0.15) is 0 Å². The lowest BCUT2D eigenvalue weighted by atomic mass is 9.95. The first-order valence-electron chi connectivity index (χ1n) is 10.5. The number of thiazole rings is 1. The summed E-state index contributed by atoms with van der Waals surface area (Å²) in [6.45, 7) is 2.14. The van der Waals surface area contributed by atoms with Gasteiger partial charge in [0, 0.05) is 29.9 Å². The Morgan fingerprint density at radius 2 is 2.06 bits per heavy atom. The summed E-state index contributed by atoms with van der Waals surface area (Å²) in [6.07, 6.45) is 0.451. The van der Waals surface area contributed by atoms with Crippen molar-refractivity contribution < 1.29 is 24.0 Å². The fraction of sp³-hybridized carbons (Fsp3) is 0.364. The zero-order chi connectivity index (χ0) is 24.8. The maximum Gasteiger partial charge on any atom is 0.289 e. The second-order valence-corrected chi connectivity index (χ2v) is 8.95. The molecule has 3 rings (SSSR count). The van der Waals surface area contributed by atoms with Crippen molar-refractivity contribution in [3.05, 3.63) is 45.4 Å². The van der Waals surface area contributed by atoms with Crippen molar-refractivity contribution in [2.75, 3.05) is 18.9 Å². The van der Waals surface area contributed by atoms with Crippen LogP contribution in [0.1, 0.15) is 41.7 Å². The number of rotatable bonds is 9. The number of hydrogen-bond acceptors (Lipinski definition) is 7. The number of Topliss-reactive ketones (excluding diaryl/α,β-unsaturated/α-hetero) is 1. The maximum absolute atomic E-state index is 13.2. The first-order chi connectivity index (χ1) is 16.2. The molecule has 12 heteroatoms. The van der Waals surface area contributed by atoms with E-state index in [-0.39, 0.29) is 34.5 Å². The van der Waals surface area contributed by atoms with Crippen LogP contribution in [0.4, 0.5) is 5.69 Å². The smallest absolute Gasteiger partial charge is 0.289 e. The quantitative estimate of drug-likeness (QED) is 0.380. The van der Waals surface area contributed by atoms with Crippen molar-refractivity contribution in [1.29, 1.82) is 0 Å². The first kappa shape index (κ1) is 25.3. The van der Waals surface area contributed by atoms with Gasteiger partial charge in [-0.25, -0.2) is 4.98 Å². The van der Waals surface area contributed by atoms with E-state index in [9.17, 15) is 24.0 Å². The van der Waals surface area contributed by atoms with Gasteiger partial charge in [-0.3, -0.25) is 24.0 Å². The molecule has 4 amide bonds. The van der Waals surface area contributed by atoms with Crippen LogP contribution in [0.2, 0.25) is 5.02 Å². The Hall–Kier alpha value is -3.31. The second-order valence-electron chi connectivity index (χ2n) is 7.80. The van der Waals surface area contributed by atoms with Crippen LogP contribution in [0.5, 0.6) is 0 Å². The molecule has 34 heavy (non-hydrogen) atoms. The van der Waals surface area contributed by atoms with Gasteiger partial charge in [-0.1, -0.05) is 11.6 Å². The Bertz CT molecular complexity index is 1110. The van der Waals surface area contributed by atoms with Crippen molar-refractivity contribution in [2.24, 2.45) is 5.92 Å². The molecule has 2 heterocycles. The van der Waals surface area contributed by atoms with E-state index in [0.717, 1.165) is 0 Å². The minimum atomic E-state index is -1.24. The van der Waals surface area contributed by atoms with Crippen LogP contribution in [0.15, 0.2) is 29.1 Å². The SMILES string of the molecule is CNC(=O)C(=O)[C@H](C[C@@H]1CCNC1=O)NC(=O)c1cc(Cl)ccc1NC(=O)C(C)c1cscn1. The summed E-state index contributed by atoms with van der Waals surface area (Å²) in [6, 6.07) is 3.10. The number of anilines is 1. The topological polar surface area (TPSA) is 146 Å². The van der Waals surface area contributed by atoms with E-state index < -0.39 is 35.5 Å². The average Bonchev–Trinajstić information content (AvgIpc) is 3.50. The molecule has 1 aliphatic heterocycles. The van der Waals surface area contributed by atoms with Gasteiger partial charge in [0.15, 0.2) is 0 Å². The Labute approximate surface area is 204 Å². The molecule has 2 aromatic rings. The number of halogens is 1.